The Bertz CT molecular complexity index is 1280. The van der Waals surface area contributed by atoms with Gasteiger partial charge in [0.15, 0.2) is 17.3 Å². The van der Waals surface area contributed by atoms with Gasteiger partial charge in [0.1, 0.15) is 11.3 Å². The lowest BCUT2D eigenvalue weighted by Gasteiger charge is -2.33. The number of rotatable bonds is 9. The molecule has 0 spiro atoms. The quantitative estimate of drug-likeness (QED) is 0.309. The van der Waals surface area contributed by atoms with Crippen molar-refractivity contribution in [1.82, 2.24) is 14.9 Å². The zero-order valence-corrected chi connectivity index (χ0v) is 23.7. The van der Waals surface area contributed by atoms with Gasteiger partial charge in [-0.25, -0.2) is 14.8 Å². The highest BCUT2D eigenvalue weighted by molar-refractivity contribution is 5.84. The summed E-state index contributed by atoms with van der Waals surface area (Å²) in [5.41, 5.74) is 2.88. The molecule has 1 amide bonds. The maximum atomic E-state index is 12.3. The molecule has 2 heterocycles. The van der Waals surface area contributed by atoms with Gasteiger partial charge >= 0.3 is 6.09 Å². The van der Waals surface area contributed by atoms with Crippen molar-refractivity contribution in [3.05, 3.63) is 53.7 Å². The summed E-state index contributed by atoms with van der Waals surface area (Å²) in [7, 11) is 3.23. The van der Waals surface area contributed by atoms with Crippen molar-refractivity contribution in [2.45, 2.75) is 52.1 Å². The molecule has 1 fully saturated rings. The number of aromatic nitrogens is 2. The number of benzene rings is 2. The van der Waals surface area contributed by atoms with Crippen LogP contribution < -0.4 is 14.8 Å². The minimum Gasteiger partial charge on any atom is -0.493 e. The first kappa shape index (κ1) is 28.2. The van der Waals surface area contributed by atoms with E-state index in [-0.39, 0.29) is 6.09 Å². The lowest BCUT2D eigenvalue weighted by Crippen LogP contribution is -2.41. The summed E-state index contributed by atoms with van der Waals surface area (Å²) in [4.78, 5) is 24.0. The number of amides is 1. The number of hydrogen-bond donors (Lipinski definition) is 1. The SMILES string of the molecule is COc1cc2nc(/C=C/c3ccccc3)c(NCCCC3CCN(C(=O)OC(C)(C)C)CC3)nc2cc1OC. The molecule has 208 valence electrons. The maximum absolute atomic E-state index is 12.3. The number of ether oxygens (including phenoxy) is 3. The molecule has 0 aliphatic carbocycles. The second kappa shape index (κ2) is 12.8. The van der Waals surface area contributed by atoms with Crippen LogP contribution in [0.2, 0.25) is 0 Å². The number of nitrogens with one attached hydrogen (secondary N) is 1. The van der Waals surface area contributed by atoms with Crippen LogP contribution in [0.15, 0.2) is 42.5 Å². The van der Waals surface area contributed by atoms with Crippen LogP contribution in [0, 0.1) is 5.92 Å². The fraction of sp³-hybridized carbons (Fsp3) is 0.452. The highest BCUT2D eigenvalue weighted by atomic mass is 16.6. The van der Waals surface area contributed by atoms with Crippen molar-refractivity contribution in [3.63, 3.8) is 0 Å². The molecular formula is C31H40N4O4. The molecule has 4 rings (SSSR count). The van der Waals surface area contributed by atoms with Crippen LogP contribution in [0.5, 0.6) is 11.5 Å². The van der Waals surface area contributed by atoms with Crippen molar-refractivity contribution in [3.8, 4) is 11.5 Å². The van der Waals surface area contributed by atoms with Crippen LogP contribution in [0.3, 0.4) is 0 Å². The Hall–Kier alpha value is -3.81. The Morgan fingerprint density at radius 3 is 2.26 bits per heavy atom. The number of likely N-dealkylation sites (tertiary alicyclic amines) is 1. The van der Waals surface area contributed by atoms with Gasteiger partial charge in [0.2, 0.25) is 0 Å². The summed E-state index contributed by atoms with van der Waals surface area (Å²) in [6.45, 7) is 8.00. The zero-order chi connectivity index (χ0) is 27.8. The number of carbonyl (C=O) groups excluding carboxylic acids is 1. The Morgan fingerprint density at radius 2 is 1.64 bits per heavy atom. The number of methoxy groups -OCH3 is 2. The monoisotopic (exact) mass is 532 g/mol. The Morgan fingerprint density at radius 1 is 1.00 bits per heavy atom. The van der Waals surface area contributed by atoms with Crippen LogP contribution in [0.4, 0.5) is 10.6 Å². The normalized spacial score (nSPS) is 14.5. The first-order valence-electron chi connectivity index (χ1n) is 13.6. The van der Waals surface area contributed by atoms with Crippen molar-refractivity contribution >= 4 is 35.1 Å². The minimum absolute atomic E-state index is 0.206. The third kappa shape index (κ3) is 7.85. The van der Waals surface area contributed by atoms with E-state index in [1.807, 2.05) is 68.2 Å². The first-order valence-corrected chi connectivity index (χ1v) is 13.6. The molecule has 8 heteroatoms. The highest BCUT2D eigenvalue weighted by Gasteiger charge is 2.26. The summed E-state index contributed by atoms with van der Waals surface area (Å²) < 4.78 is 16.5. The van der Waals surface area contributed by atoms with Crippen LogP contribution in [0.25, 0.3) is 23.2 Å². The first-order chi connectivity index (χ1) is 18.8. The van der Waals surface area contributed by atoms with Crippen LogP contribution >= 0.6 is 0 Å². The molecule has 0 saturated carbocycles. The number of piperidine rings is 1. The predicted molar refractivity (Wildman–Crippen MR) is 156 cm³/mol. The van der Waals surface area contributed by atoms with E-state index in [9.17, 15) is 4.79 Å². The van der Waals surface area contributed by atoms with Crippen LogP contribution in [-0.4, -0.2) is 60.4 Å². The molecule has 1 aliphatic rings. The molecule has 1 aliphatic heterocycles. The number of anilines is 1. The summed E-state index contributed by atoms with van der Waals surface area (Å²) in [6.07, 6.45) is 7.93. The van der Waals surface area contributed by atoms with Gasteiger partial charge in [0.05, 0.1) is 25.3 Å². The van der Waals surface area contributed by atoms with E-state index in [0.29, 0.717) is 17.4 Å². The molecule has 39 heavy (non-hydrogen) atoms. The van der Waals surface area contributed by atoms with Crippen LogP contribution in [0.1, 0.15) is 57.7 Å². The number of hydrogen-bond acceptors (Lipinski definition) is 7. The van der Waals surface area contributed by atoms with E-state index in [1.54, 1.807) is 14.2 Å². The molecule has 1 aromatic heterocycles. The Labute approximate surface area is 231 Å². The van der Waals surface area contributed by atoms with E-state index < -0.39 is 5.60 Å². The molecule has 8 nitrogen and oxygen atoms in total. The summed E-state index contributed by atoms with van der Waals surface area (Å²) in [5.74, 6) is 2.58. The molecule has 0 unspecified atom stereocenters. The Balaban J connectivity index is 1.40. The van der Waals surface area contributed by atoms with E-state index in [4.69, 9.17) is 24.2 Å². The van der Waals surface area contributed by atoms with Crippen molar-refractivity contribution < 1.29 is 19.0 Å². The third-order valence-corrected chi connectivity index (χ3v) is 6.78. The van der Waals surface area contributed by atoms with Gasteiger partial charge in [-0.3, -0.25) is 0 Å². The highest BCUT2D eigenvalue weighted by Crippen LogP contribution is 2.32. The number of nitrogens with zero attached hydrogens (tertiary/aromatic N) is 3. The standard InChI is InChI=1S/C31H40N4O4/c1-31(2,3)39-30(36)35-18-15-23(16-19-35)12-9-17-32-29-24(14-13-22-10-7-6-8-11-22)33-25-20-27(37-4)28(38-5)21-26(25)34-29/h6-8,10-11,13-14,20-21,23H,9,12,15-19H2,1-5H3,(H,32,34)/b14-13+. The topological polar surface area (TPSA) is 85.8 Å². The van der Waals surface area contributed by atoms with Crippen molar-refractivity contribution in [2.75, 3.05) is 39.2 Å². The lowest BCUT2D eigenvalue weighted by atomic mass is 9.92. The maximum Gasteiger partial charge on any atom is 0.410 e. The van der Waals surface area contributed by atoms with E-state index >= 15 is 0 Å². The number of carbonyl (C=O) groups is 1. The molecule has 1 saturated heterocycles. The van der Waals surface area contributed by atoms with Gasteiger partial charge in [-0.2, -0.15) is 0 Å². The van der Waals surface area contributed by atoms with Gasteiger partial charge in [-0.15, -0.1) is 0 Å². The fourth-order valence-electron chi connectivity index (χ4n) is 4.71. The number of fused-ring (bicyclic) bond motifs is 1. The summed E-state index contributed by atoms with van der Waals surface area (Å²) in [5, 5.41) is 3.52. The molecule has 0 radical (unpaired) electrons. The van der Waals surface area contributed by atoms with Crippen molar-refractivity contribution in [1.29, 1.82) is 0 Å². The average molecular weight is 533 g/mol. The molecule has 0 bridgehead atoms. The van der Waals surface area contributed by atoms with Crippen molar-refractivity contribution in [2.24, 2.45) is 5.92 Å². The second-order valence-electron chi connectivity index (χ2n) is 10.9. The molecule has 1 N–H and O–H groups in total. The molecule has 3 aromatic rings. The molecular weight excluding hydrogens is 492 g/mol. The van der Waals surface area contributed by atoms with Gasteiger partial charge < -0.3 is 24.4 Å². The Kier molecular flexibility index (Phi) is 9.28. The zero-order valence-electron chi connectivity index (χ0n) is 23.7. The average Bonchev–Trinajstić information content (AvgIpc) is 2.93. The van der Waals surface area contributed by atoms with Gasteiger partial charge in [0, 0.05) is 31.8 Å². The van der Waals surface area contributed by atoms with E-state index in [2.05, 4.69) is 17.4 Å². The van der Waals surface area contributed by atoms with Gasteiger partial charge in [-0.05, 0) is 64.0 Å². The summed E-state index contributed by atoms with van der Waals surface area (Å²) >= 11 is 0. The third-order valence-electron chi connectivity index (χ3n) is 6.78. The summed E-state index contributed by atoms with van der Waals surface area (Å²) in [6, 6.07) is 13.9. The minimum atomic E-state index is -0.461. The van der Waals surface area contributed by atoms with E-state index in [1.165, 1.54) is 0 Å². The lowest BCUT2D eigenvalue weighted by molar-refractivity contribution is 0.0181. The van der Waals surface area contributed by atoms with Crippen LogP contribution in [-0.2, 0) is 4.74 Å². The van der Waals surface area contributed by atoms with Gasteiger partial charge in [0.25, 0.3) is 0 Å². The van der Waals surface area contributed by atoms with E-state index in [0.717, 1.165) is 73.4 Å². The molecule has 2 aromatic carbocycles. The molecule has 0 atom stereocenters. The predicted octanol–water partition coefficient (Wildman–Crippen LogP) is 6.66. The second-order valence-corrected chi connectivity index (χ2v) is 10.9. The smallest absolute Gasteiger partial charge is 0.410 e. The fourth-order valence-corrected chi connectivity index (χ4v) is 4.71. The largest absolute Gasteiger partial charge is 0.493 e. The van der Waals surface area contributed by atoms with Gasteiger partial charge in [-0.1, -0.05) is 36.4 Å².